The monoisotopic (exact) mass is 332 g/mol. The first-order valence-corrected chi connectivity index (χ1v) is 7.54. The number of benzene rings is 1. The van der Waals surface area contributed by atoms with Crippen LogP contribution in [0.15, 0.2) is 48.7 Å². The average Bonchev–Trinajstić information content (AvgIpc) is 2.48. The van der Waals surface area contributed by atoms with Crippen molar-refractivity contribution in [3.8, 4) is 0 Å². The summed E-state index contributed by atoms with van der Waals surface area (Å²) >= 11 is 3.50. The summed E-state index contributed by atoms with van der Waals surface area (Å²) in [6, 6.07) is 13.5. The molecular formula is C16H17BrN2O. The van der Waals surface area contributed by atoms with Crippen LogP contribution in [-0.2, 0) is 5.54 Å². The minimum absolute atomic E-state index is 0.110. The number of amides is 1. The highest BCUT2D eigenvalue weighted by molar-refractivity contribution is 9.09. The van der Waals surface area contributed by atoms with Gasteiger partial charge in [0.25, 0.3) is 5.91 Å². The van der Waals surface area contributed by atoms with Gasteiger partial charge in [-0.1, -0.05) is 46.3 Å². The number of aromatic nitrogens is 1. The molecule has 1 amide bonds. The number of carbonyl (C=O) groups excluding carboxylic acids is 1. The third-order valence-electron chi connectivity index (χ3n) is 3.32. The zero-order valence-electron chi connectivity index (χ0n) is 11.6. The van der Waals surface area contributed by atoms with Crippen molar-refractivity contribution in [2.24, 2.45) is 0 Å². The van der Waals surface area contributed by atoms with Crippen molar-refractivity contribution in [3.63, 3.8) is 0 Å². The van der Waals surface area contributed by atoms with Crippen molar-refractivity contribution in [1.29, 1.82) is 0 Å². The second-order valence-corrected chi connectivity index (χ2v) is 5.48. The third-order valence-corrected chi connectivity index (χ3v) is 4.44. The van der Waals surface area contributed by atoms with Crippen molar-refractivity contribution >= 4 is 21.8 Å². The molecule has 1 unspecified atom stereocenters. The SMILES string of the molecule is Cc1ncccc1C(=O)NC(C)(CBr)c1ccccc1. The molecule has 1 aromatic carbocycles. The summed E-state index contributed by atoms with van der Waals surface area (Å²) in [5.74, 6) is -0.110. The second-order valence-electron chi connectivity index (χ2n) is 4.92. The average molecular weight is 333 g/mol. The van der Waals surface area contributed by atoms with Gasteiger partial charge in [0.1, 0.15) is 0 Å². The molecule has 0 aliphatic heterocycles. The number of aryl methyl sites for hydroxylation is 1. The smallest absolute Gasteiger partial charge is 0.253 e. The van der Waals surface area contributed by atoms with E-state index in [9.17, 15) is 4.79 Å². The van der Waals surface area contributed by atoms with E-state index in [1.165, 1.54) is 0 Å². The first-order chi connectivity index (χ1) is 9.57. The molecule has 2 rings (SSSR count). The standard InChI is InChI=1S/C16H17BrN2O/c1-12-14(9-6-10-18-12)15(20)19-16(2,11-17)13-7-4-3-5-8-13/h3-10H,11H2,1-2H3,(H,19,20). The molecule has 0 aliphatic rings. The van der Waals surface area contributed by atoms with E-state index in [2.05, 4.69) is 26.2 Å². The highest BCUT2D eigenvalue weighted by atomic mass is 79.9. The molecule has 0 radical (unpaired) electrons. The molecule has 0 saturated carbocycles. The summed E-state index contributed by atoms with van der Waals surface area (Å²) in [5, 5.41) is 3.72. The molecule has 1 N–H and O–H groups in total. The fourth-order valence-corrected chi connectivity index (χ4v) is 2.49. The van der Waals surface area contributed by atoms with Crippen molar-refractivity contribution < 1.29 is 4.79 Å². The third kappa shape index (κ3) is 3.07. The van der Waals surface area contributed by atoms with Gasteiger partial charge in [0.2, 0.25) is 0 Å². The summed E-state index contributed by atoms with van der Waals surface area (Å²) in [6.07, 6.45) is 1.69. The predicted octanol–water partition coefficient (Wildman–Crippen LogP) is 3.43. The van der Waals surface area contributed by atoms with Crippen LogP contribution in [0.5, 0.6) is 0 Å². The molecule has 0 fully saturated rings. The van der Waals surface area contributed by atoms with Crippen LogP contribution in [0.3, 0.4) is 0 Å². The second kappa shape index (κ2) is 6.18. The molecule has 4 heteroatoms. The maximum absolute atomic E-state index is 12.4. The number of nitrogens with one attached hydrogen (secondary N) is 1. The van der Waals surface area contributed by atoms with E-state index >= 15 is 0 Å². The largest absolute Gasteiger partial charge is 0.342 e. The molecule has 1 aromatic heterocycles. The van der Waals surface area contributed by atoms with Crippen molar-refractivity contribution in [3.05, 3.63) is 65.5 Å². The lowest BCUT2D eigenvalue weighted by Gasteiger charge is -2.29. The van der Waals surface area contributed by atoms with Gasteiger partial charge < -0.3 is 5.32 Å². The normalized spacial score (nSPS) is 13.6. The Kier molecular flexibility index (Phi) is 4.55. The van der Waals surface area contributed by atoms with Crippen LogP contribution >= 0.6 is 15.9 Å². The van der Waals surface area contributed by atoms with E-state index in [4.69, 9.17) is 0 Å². The minimum Gasteiger partial charge on any atom is -0.342 e. The van der Waals surface area contributed by atoms with E-state index in [-0.39, 0.29) is 5.91 Å². The maximum Gasteiger partial charge on any atom is 0.253 e. The Morgan fingerprint density at radius 3 is 2.55 bits per heavy atom. The Balaban J connectivity index is 2.27. The number of hydrogen-bond donors (Lipinski definition) is 1. The lowest BCUT2D eigenvalue weighted by atomic mass is 9.94. The fourth-order valence-electron chi connectivity index (χ4n) is 2.03. The topological polar surface area (TPSA) is 42.0 Å². The number of alkyl halides is 1. The summed E-state index contributed by atoms with van der Waals surface area (Å²) in [6.45, 7) is 3.84. The molecule has 1 atom stereocenters. The molecule has 20 heavy (non-hydrogen) atoms. The fraction of sp³-hybridized carbons (Fsp3) is 0.250. The predicted molar refractivity (Wildman–Crippen MR) is 84.0 cm³/mol. The lowest BCUT2D eigenvalue weighted by molar-refractivity contribution is 0.0913. The molecule has 0 spiro atoms. The Morgan fingerprint density at radius 2 is 1.95 bits per heavy atom. The Bertz CT molecular complexity index is 600. The molecule has 2 aromatic rings. The molecular weight excluding hydrogens is 316 g/mol. The van der Waals surface area contributed by atoms with Crippen LogP contribution in [-0.4, -0.2) is 16.2 Å². The number of carbonyl (C=O) groups is 1. The summed E-state index contributed by atoms with van der Waals surface area (Å²) in [5.41, 5.74) is 1.94. The first-order valence-electron chi connectivity index (χ1n) is 6.42. The van der Waals surface area contributed by atoms with E-state index in [0.717, 1.165) is 11.3 Å². The summed E-state index contributed by atoms with van der Waals surface area (Å²) in [4.78, 5) is 16.6. The van der Waals surface area contributed by atoms with Gasteiger partial charge in [-0.2, -0.15) is 0 Å². The zero-order chi connectivity index (χ0) is 14.6. The van der Waals surface area contributed by atoms with Gasteiger partial charge in [-0.3, -0.25) is 9.78 Å². The van der Waals surface area contributed by atoms with E-state index in [0.29, 0.717) is 10.9 Å². The molecule has 0 aliphatic carbocycles. The molecule has 104 valence electrons. The zero-order valence-corrected chi connectivity index (χ0v) is 13.1. The molecule has 3 nitrogen and oxygen atoms in total. The number of nitrogens with zero attached hydrogens (tertiary/aromatic N) is 1. The van der Waals surface area contributed by atoms with Crippen LogP contribution in [0.2, 0.25) is 0 Å². The maximum atomic E-state index is 12.4. The van der Waals surface area contributed by atoms with Gasteiger partial charge in [0, 0.05) is 17.2 Å². The summed E-state index contributed by atoms with van der Waals surface area (Å²) < 4.78 is 0. The summed E-state index contributed by atoms with van der Waals surface area (Å²) in [7, 11) is 0. The first kappa shape index (κ1) is 14.7. The van der Waals surface area contributed by atoms with Crippen molar-refractivity contribution in [1.82, 2.24) is 10.3 Å². The Morgan fingerprint density at radius 1 is 1.25 bits per heavy atom. The van der Waals surface area contributed by atoms with E-state index in [1.807, 2.05) is 44.2 Å². The number of hydrogen-bond acceptors (Lipinski definition) is 2. The van der Waals surface area contributed by atoms with Gasteiger partial charge >= 0.3 is 0 Å². The number of rotatable bonds is 4. The van der Waals surface area contributed by atoms with Crippen LogP contribution in [0.25, 0.3) is 0 Å². The number of halogens is 1. The Hall–Kier alpha value is -1.68. The van der Waals surface area contributed by atoms with Crippen molar-refractivity contribution in [2.75, 3.05) is 5.33 Å². The quantitative estimate of drug-likeness (QED) is 0.871. The van der Waals surface area contributed by atoms with Gasteiger partial charge in [-0.05, 0) is 31.5 Å². The van der Waals surface area contributed by atoms with Gasteiger partial charge in [0.05, 0.1) is 11.1 Å². The Labute approximate surface area is 127 Å². The highest BCUT2D eigenvalue weighted by Gasteiger charge is 2.28. The lowest BCUT2D eigenvalue weighted by Crippen LogP contribution is -2.45. The molecule has 0 bridgehead atoms. The van der Waals surface area contributed by atoms with Gasteiger partial charge in [0.15, 0.2) is 0 Å². The minimum atomic E-state index is -0.458. The van der Waals surface area contributed by atoms with Gasteiger partial charge in [-0.15, -0.1) is 0 Å². The number of pyridine rings is 1. The molecule has 0 saturated heterocycles. The van der Waals surface area contributed by atoms with Crippen LogP contribution in [0, 0.1) is 6.92 Å². The van der Waals surface area contributed by atoms with Gasteiger partial charge in [-0.25, -0.2) is 0 Å². The van der Waals surface area contributed by atoms with Crippen LogP contribution in [0.1, 0.15) is 28.5 Å². The van der Waals surface area contributed by atoms with E-state index in [1.54, 1.807) is 18.3 Å². The molecule has 1 heterocycles. The van der Waals surface area contributed by atoms with Crippen molar-refractivity contribution in [2.45, 2.75) is 19.4 Å². The van der Waals surface area contributed by atoms with E-state index < -0.39 is 5.54 Å². The van der Waals surface area contributed by atoms with Crippen LogP contribution in [0.4, 0.5) is 0 Å². The van der Waals surface area contributed by atoms with Crippen LogP contribution < -0.4 is 5.32 Å². The highest BCUT2D eigenvalue weighted by Crippen LogP contribution is 2.23.